The van der Waals surface area contributed by atoms with E-state index in [4.69, 9.17) is 21.4 Å². The molecule has 14 heteroatoms. The van der Waals surface area contributed by atoms with Crippen LogP contribution in [0.1, 0.15) is 43.0 Å². The Morgan fingerprint density at radius 2 is 1.71 bits per heavy atom. The van der Waals surface area contributed by atoms with Crippen LogP contribution in [0, 0.1) is 38.5 Å². The maximum Gasteiger partial charge on any atom is 0.512 e. The predicted octanol–water partition coefficient (Wildman–Crippen LogP) is 3.88. The van der Waals surface area contributed by atoms with Gasteiger partial charge in [-0.2, -0.15) is 4.31 Å². The largest absolute Gasteiger partial charge is 0.512 e. The lowest BCUT2D eigenvalue weighted by Gasteiger charge is -2.34. The highest BCUT2D eigenvalue weighted by Gasteiger charge is 2.45. The lowest BCUT2D eigenvalue weighted by molar-refractivity contribution is -0.133. The zero-order chi connectivity index (χ0) is 32.6. The molecule has 3 aliphatic heterocycles. The topological polar surface area (TPSA) is 144 Å². The van der Waals surface area contributed by atoms with Crippen molar-refractivity contribution in [1.82, 2.24) is 19.1 Å². The standard InChI is InChI=1S/C31H42ClN5O7S/c1-19-6-7-26(14-27(19)32)37(30(39)23-8-12-35(13-9-23)22(4)38)11-5-10-34-15-24-17-36(18-25(24)16-34)45(42,43)28-20(2)29(33-21(28)3)44-31(40)41/h6-7,14,23-25,33H,5,8-13,15-18H2,1-4H3,(H,40,41). The maximum absolute atomic E-state index is 13.8. The first-order valence-electron chi connectivity index (χ1n) is 15.4. The Kier molecular flexibility index (Phi) is 9.83. The van der Waals surface area contributed by atoms with E-state index >= 15 is 0 Å². The molecule has 3 aliphatic rings. The van der Waals surface area contributed by atoms with Gasteiger partial charge in [0, 0.05) is 80.6 Å². The zero-order valence-corrected chi connectivity index (χ0v) is 27.8. The minimum absolute atomic E-state index is 0.0355. The summed E-state index contributed by atoms with van der Waals surface area (Å²) in [5.41, 5.74) is 2.32. The number of rotatable bonds is 9. The number of H-pyrrole nitrogens is 1. The number of aromatic nitrogens is 1. The second-order valence-corrected chi connectivity index (χ2v) is 14.8. The normalized spacial score (nSPS) is 21.2. The molecule has 0 radical (unpaired) electrons. The summed E-state index contributed by atoms with van der Waals surface area (Å²) in [5, 5.41) is 9.59. The summed E-state index contributed by atoms with van der Waals surface area (Å²) in [6.07, 6.45) is 0.515. The average molecular weight is 664 g/mol. The van der Waals surface area contributed by atoms with Crippen molar-refractivity contribution in [2.24, 2.45) is 17.8 Å². The maximum atomic E-state index is 13.8. The van der Waals surface area contributed by atoms with Crippen LogP contribution in [0.4, 0.5) is 10.5 Å². The molecule has 12 nitrogen and oxygen atoms in total. The fraction of sp³-hybridized carbons (Fsp3) is 0.581. The molecule has 4 heterocycles. The van der Waals surface area contributed by atoms with Crippen LogP contribution in [-0.2, 0) is 19.6 Å². The Morgan fingerprint density at radius 3 is 2.29 bits per heavy atom. The zero-order valence-electron chi connectivity index (χ0n) is 26.2. The summed E-state index contributed by atoms with van der Waals surface area (Å²) in [6.45, 7) is 11.4. The molecule has 2 unspecified atom stereocenters. The van der Waals surface area contributed by atoms with Gasteiger partial charge in [0.25, 0.3) is 0 Å². The SMILES string of the molecule is CC(=O)N1CCC(C(=O)N(CCCN2CC3CN(S(=O)(=O)c4c(C)[nH]c(OC(=O)O)c4C)CC3C2)c2ccc(C)c(Cl)c2)CC1. The first-order valence-corrected chi connectivity index (χ1v) is 17.2. The Balaban J connectivity index is 1.19. The highest BCUT2D eigenvalue weighted by atomic mass is 35.5. The van der Waals surface area contributed by atoms with Gasteiger partial charge >= 0.3 is 6.16 Å². The third-order valence-corrected chi connectivity index (χ3v) is 12.0. The number of piperidine rings is 1. The number of ether oxygens (including phenoxy) is 1. The number of nitrogens with one attached hydrogen (secondary N) is 1. The number of aryl methyl sites for hydroxylation is 2. The number of carbonyl (C=O) groups is 3. The number of benzene rings is 1. The molecule has 2 atom stereocenters. The fourth-order valence-corrected chi connectivity index (χ4v) is 9.19. The second-order valence-electron chi connectivity index (χ2n) is 12.6. The number of hydrogen-bond donors (Lipinski definition) is 2. The third kappa shape index (κ3) is 7.01. The number of amides is 2. The van der Waals surface area contributed by atoms with E-state index < -0.39 is 16.2 Å². The lowest BCUT2D eigenvalue weighted by atomic mass is 9.94. The van der Waals surface area contributed by atoms with Gasteiger partial charge in [-0.1, -0.05) is 17.7 Å². The number of halogens is 1. The number of likely N-dealkylation sites (tertiary alicyclic amines) is 2. The van der Waals surface area contributed by atoms with Crippen molar-refractivity contribution in [3.63, 3.8) is 0 Å². The first kappa shape index (κ1) is 33.2. The molecule has 2 amide bonds. The van der Waals surface area contributed by atoms with Crippen LogP contribution in [0.3, 0.4) is 0 Å². The second kappa shape index (κ2) is 13.3. The van der Waals surface area contributed by atoms with Gasteiger partial charge in [-0.15, -0.1) is 0 Å². The molecule has 45 heavy (non-hydrogen) atoms. The van der Waals surface area contributed by atoms with E-state index in [0.717, 1.165) is 37.3 Å². The number of carboxylic acid groups (broad SMARTS) is 1. The smallest absolute Gasteiger partial charge is 0.449 e. The molecule has 2 N–H and O–H groups in total. The molecule has 0 aliphatic carbocycles. The van der Waals surface area contributed by atoms with Gasteiger partial charge in [-0.3, -0.25) is 9.59 Å². The summed E-state index contributed by atoms with van der Waals surface area (Å²) in [4.78, 5) is 45.4. The van der Waals surface area contributed by atoms with Crippen molar-refractivity contribution in [3.05, 3.63) is 40.0 Å². The summed E-state index contributed by atoms with van der Waals surface area (Å²) in [7, 11) is -3.83. The molecule has 1 aromatic heterocycles. The summed E-state index contributed by atoms with van der Waals surface area (Å²) in [6, 6.07) is 5.71. The molecule has 0 saturated carbocycles. The minimum atomic E-state index is -3.83. The van der Waals surface area contributed by atoms with E-state index in [-0.39, 0.29) is 45.9 Å². The van der Waals surface area contributed by atoms with Crippen molar-refractivity contribution >= 4 is 45.3 Å². The number of nitrogens with zero attached hydrogens (tertiary/aromatic N) is 4. The molecule has 5 rings (SSSR count). The van der Waals surface area contributed by atoms with E-state index in [1.54, 1.807) is 25.7 Å². The molecule has 0 spiro atoms. The minimum Gasteiger partial charge on any atom is -0.449 e. The molecule has 0 bridgehead atoms. The monoisotopic (exact) mass is 663 g/mol. The van der Waals surface area contributed by atoms with Crippen molar-refractivity contribution in [2.75, 3.05) is 57.3 Å². The Morgan fingerprint density at radius 1 is 1.07 bits per heavy atom. The van der Waals surface area contributed by atoms with Gasteiger partial charge in [-0.25, -0.2) is 13.2 Å². The Bertz CT molecular complexity index is 1560. The van der Waals surface area contributed by atoms with Gasteiger partial charge < -0.3 is 29.5 Å². The molecule has 1 aromatic carbocycles. The number of fused-ring (bicyclic) bond motifs is 1. The van der Waals surface area contributed by atoms with Crippen LogP contribution < -0.4 is 9.64 Å². The first-order chi connectivity index (χ1) is 21.3. The Labute approximate surface area is 269 Å². The van der Waals surface area contributed by atoms with Crippen LogP contribution >= 0.6 is 11.6 Å². The van der Waals surface area contributed by atoms with Gasteiger partial charge in [-0.05, 0) is 76.1 Å². The molecular weight excluding hydrogens is 622 g/mol. The predicted molar refractivity (Wildman–Crippen MR) is 169 cm³/mol. The molecular formula is C31H42ClN5O7S. The summed E-state index contributed by atoms with van der Waals surface area (Å²) in [5.74, 6) is 0.242. The molecule has 246 valence electrons. The highest BCUT2D eigenvalue weighted by molar-refractivity contribution is 7.89. The van der Waals surface area contributed by atoms with Crippen LogP contribution in [0.25, 0.3) is 0 Å². The van der Waals surface area contributed by atoms with Gasteiger partial charge in [0.05, 0.1) is 0 Å². The van der Waals surface area contributed by atoms with Crippen molar-refractivity contribution in [2.45, 2.75) is 51.9 Å². The van der Waals surface area contributed by atoms with Crippen LogP contribution in [-0.4, -0.2) is 103 Å². The number of aromatic amines is 1. The number of hydrogen-bond acceptors (Lipinski definition) is 7. The van der Waals surface area contributed by atoms with E-state index in [1.165, 1.54) is 4.31 Å². The number of sulfonamides is 1. The number of anilines is 1. The van der Waals surface area contributed by atoms with Crippen molar-refractivity contribution < 1.29 is 32.6 Å². The highest BCUT2D eigenvalue weighted by Crippen LogP contribution is 2.37. The van der Waals surface area contributed by atoms with E-state index in [9.17, 15) is 22.8 Å². The molecule has 3 saturated heterocycles. The average Bonchev–Trinajstić information content (AvgIpc) is 3.64. The quantitative estimate of drug-likeness (QED) is 0.385. The fourth-order valence-electron chi connectivity index (χ4n) is 7.07. The number of carbonyl (C=O) groups excluding carboxylic acids is 2. The summed E-state index contributed by atoms with van der Waals surface area (Å²) >= 11 is 6.45. The van der Waals surface area contributed by atoms with Gasteiger partial charge in [0.1, 0.15) is 4.90 Å². The van der Waals surface area contributed by atoms with E-state index in [2.05, 4.69) is 9.88 Å². The Hall–Kier alpha value is -3.13. The van der Waals surface area contributed by atoms with Crippen LogP contribution in [0.5, 0.6) is 5.88 Å². The van der Waals surface area contributed by atoms with Gasteiger partial charge in [0.15, 0.2) is 0 Å². The van der Waals surface area contributed by atoms with E-state index in [1.807, 2.05) is 30.0 Å². The van der Waals surface area contributed by atoms with Crippen LogP contribution in [0.15, 0.2) is 23.1 Å². The van der Waals surface area contributed by atoms with Crippen molar-refractivity contribution in [1.29, 1.82) is 0 Å². The van der Waals surface area contributed by atoms with Crippen LogP contribution in [0.2, 0.25) is 5.02 Å². The van der Waals surface area contributed by atoms with E-state index in [0.29, 0.717) is 56.3 Å². The lowest BCUT2D eigenvalue weighted by Crippen LogP contribution is -2.44. The van der Waals surface area contributed by atoms with Gasteiger partial charge in [0.2, 0.25) is 27.7 Å². The van der Waals surface area contributed by atoms with Crippen molar-refractivity contribution in [3.8, 4) is 5.88 Å². The third-order valence-electron chi connectivity index (χ3n) is 9.52. The molecule has 2 aromatic rings. The summed E-state index contributed by atoms with van der Waals surface area (Å²) < 4.78 is 33.4. The molecule has 3 fully saturated rings.